The van der Waals surface area contributed by atoms with Crippen LogP contribution in [-0.2, 0) is 12.7 Å². The summed E-state index contributed by atoms with van der Waals surface area (Å²) in [6, 6.07) is 1.27. The van der Waals surface area contributed by atoms with Crippen LogP contribution in [0.25, 0.3) is 0 Å². The quantitative estimate of drug-likeness (QED) is 0.719. The molecule has 136 valence electrons. The van der Waals surface area contributed by atoms with Crippen molar-refractivity contribution >= 4 is 33.9 Å². The summed E-state index contributed by atoms with van der Waals surface area (Å²) >= 11 is 7.03. The minimum Gasteiger partial charge on any atom is -0.365 e. The van der Waals surface area contributed by atoms with Gasteiger partial charge in [-0.25, -0.2) is 9.97 Å². The first-order valence-electron chi connectivity index (χ1n) is 7.80. The Labute approximate surface area is 152 Å². The van der Waals surface area contributed by atoms with Gasteiger partial charge in [0.15, 0.2) is 5.13 Å². The van der Waals surface area contributed by atoms with Gasteiger partial charge in [-0.2, -0.15) is 13.2 Å². The molecule has 5 nitrogen and oxygen atoms in total. The van der Waals surface area contributed by atoms with Crippen molar-refractivity contribution in [1.29, 1.82) is 0 Å². The van der Waals surface area contributed by atoms with Crippen LogP contribution in [0.1, 0.15) is 23.3 Å². The van der Waals surface area contributed by atoms with E-state index >= 15 is 0 Å². The number of piperidine rings is 1. The average molecular weight is 392 g/mol. The third-order valence-corrected chi connectivity index (χ3v) is 5.01. The Morgan fingerprint density at radius 3 is 2.88 bits per heavy atom. The molecule has 1 unspecified atom stereocenters. The van der Waals surface area contributed by atoms with Crippen molar-refractivity contribution in [3.63, 3.8) is 0 Å². The van der Waals surface area contributed by atoms with Crippen molar-refractivity contribution in [2.45, 2.75) is 31.6 Å². The molecule has 0 aliphatic carbocycles. The molecule has 0 amide bonds. The molecule has 0 aromatic carbocycles. The number of thiazole rings is 1. The van der Waals surface area contributed by atoms with Crippen molar-refractivity contribution in [2.75, 3.05) is 23.7 Å². The van der Waals surface area contributed by atoms with Gasteiger partial charge in [-0.05, 0) is 25.5 Å². The molecule has 3 heterocycles. The first-order chi connectivity index (χ1) is 11.9. The number of aromatic nitrogens is 2. The Kier molecular flexibility index (Phi) is 5.65. The number of hydrogen-bond acceptors (Lipinski definition) is 6. The zero-order valence-corrected chi connectivity index (χ0v) is 14.7. The second-order valence-electron chi connectivity index (χ2n) is 5.72. The summed E-state index contributed by atoms with van der Waals surface area (Å²) in [5, 5.41) is 9.97. The fourth-order valence-electron chi connectivity index (χ4n) is 2.54. The lowest BCUT2D eigenvalue weighted by molar-refractivity contribution is -0.137. The van der Waals surface area contributed by atoms with Gasteiger partial charge in [0.25, 0.3) is 0 Å². The largest absolute Gasteiger partial charge is 0.418 e. The van der Waals surface area contributed by atoms with Crippen molar-refractivity contribution in [1.82, 2.24) is 15.3 Å². The van der Waals surface area contributed by atoms with E-state index < -0.39 is 16.8 Å². The first kappa shape index (κ1) is 18.2. The fraction of sp³-hybridized carbons (Fsp3) is 0.467. The summed E-state index contributed by atoms with van der Waals surface area (Å²) in [5.74, 6) is 0.121. The lowest BCUT2D eigenvalue weighted by Gasteiger charge is -2.23. The fourth-order valence-corrected chi connectivity index (χ4v) is 3.58. The average Bonchev–Trinajstić information content (AvgIpc) is 3.01. The molecule has 1 saturated heterocycles. The Hall–Kier alpha value is -1.58. The molecule has 3 rings (SSSR count). The smallest absolute Gasteiger partial charge is 0.365 e. The number of alkyl halides is 3. The highest BCUT2D eigenvalue weighted by Gasteiger charge is 2.33. The number of halogens is 4. The summed E-state index contributed by atoms with van der Waals surface area (Å²) in [6.07, 6.45) is 0.418. The van der Waals surface area contributed by atoms with Gasteiger partial charge >= 0.3 is 6.18 Å². The van der Waals surface area contributed by atoms with Crippen LogP contribution in [0.3, 0.4) is 0 Å². The summed E-state index contributed by atoms with van der Waals surface area (Å²) < 4.78 is 38.6. The van der Waals surface area contributed by atoms with Gasteiger partial charge in [-0.15, -0.1) is 11.3 Å². The lowest BCUT2D eigenvalue weighted by Crippen LogP contribution is -2.38. The van der Waals surface area contributed by atoms with E-state index in [-0.39, 0.29) is 5.82 Å². The number of anilines is 2. The van der Waals surface area contributed by atoms with E-state index in [9.17, 15) is 13.2 Å². The molecule has 10 heteroatoms. The summed E-state index contributed by atoms with van der Waals surface area (Å²) in [4.78, 5) is 9.10. The van der Waals surface area contributed by atoms with E-state index in [0.29, 0.717) is 12.6 Å². The maximum Gasteiger partial charge on any atom is 0.418 e. The molecule has 0 radical (unpaired) electrons. The van der Waals surface area contributed by atoms with Crippen LogP contribution in [0.4, 0.5) is 24.1 Å². The Morgan fingerprint density at radius 2 is 2.16 bits per heavy atom. The van der Waals surface area contributed by atoms with Crippen LogP contribution in [0.5, 0.6) is 0 Å². The zero-order valence-electron chi connectivity index (χ0n) is 13.2. The standard InChI is InChI=1S/C15H17ClF3N5S/c16-12-8-22-13(4-11(12)15(17,18)19)21-6-10-7-23-14(25-10)24-9-2-1-3-20-5-9/h4,7-9,20H,1-3,5-6H2,(H,21,22)(H,23,24). The maximum absolute atomic E-state index is 12.9. The van der Waals surface area contributed by atoms with Crippen molar-refractivity contribution in [3.8, 4) is 0 Å². The third kappa shape index (κ3) is 4.96. The van der Waals surface area contributed by atoms with E-state index in [1.165, 1.54) is 11.3 Å². The molecule has 0 bridgehead atoms. The Balaban J connectivity index is 1.59. The SMILES string of the molecule is FC(F)(F)c1cc(NCc2cnc(NC3CCCNC3)s2)ncc1Cl. The van der Waals surface area contributed by atoms with Crippen LogP contribution >= 0.6 is 22.9 Å². The molecule has 0 spiro atoms. The highest BCUT2D eigenvalue weighted by atomic mass is 35.5. The molecule has 2 aromatic rings. The van der Waals surface area contributed by atoms with Crippen molar-refractivity contribution < 1.29 is 13.2 Å². The highest BCUT2D eigenvalue weighted by Crippen LogP contribution is 2.35. The molecule has 1 aliphatic heterocycles. The number of nitrogens with zero attached hydrogens (tertiary/aromatic N) is 2. The molecular weight excluding hydrogens is 375 g/mol. The van der Waals surface area contributed by atoms with E-state index in [1.807, 2.05) is 0 Å². The van der Waals surface area contributed by atoms with E-state index in [2.05, 4.69) is 25.9 Å². The molecule has 1 fully saturated rings. The van der Waals surface area contributed by atoms with Gasteiger partial charge in [-0.1, -0.05) is 11.6 Å². The predicted octanol–water partition coefficient (Wildman–Crippen LogP) is 3.99. The molecule has 1 aliphatic rings. The zero-order chi connectivity index (χ0) is 17.9. The minimum absolute atomic E-state index is 0.121. The second-order valence-corrected chi connectivity index (χ2v) is 7.24. The monoisotopic (exact) mass is 391 g/mol. The van der Waals surface area contributed by atoms with Crippen LogP contribution < -0.4 is 16.0 Å². The van der Waals surface area contributed by atoms with E-state index in [1.54, 1.807) is 6.20 Å². The van der Waals surface area contributed by atoms with Gasteiger partial charge in [0, 0.05) is 29.9 Å². The second kappa shape index (κ2) is 7.76. The van der Waals surface area contributed by atoms with Crippen LogP contribution in [-0.4, -0.2) is 29.1 Å². The number of nitrogens with one attached hydrogen (secondary N) is 3. The van der Waals surface area contributed by atoms with Crippen LogP contribution in [0.2, 0.25) is 5.02 Å². The van der Waals surface area contributed by atoms with E-state index in [4.69, 9.17) is 11.6 Å². The first-order valence-corrected chi connectivity index (χ1v) is 9.00. The van der Waals surface area contributed by atoms with Crippen molar-refractivity contribution in [2.24, 2.45) is 0 Å². The molecule has 1 atom stereocenters. The summed E-state index contributed by atoms with van der Waals surface area (Å²) in [5.41, 5.74) is -0.900. The molecule has 25 heavy (non-hydrogen) atoms. The van der Waals surface area contributed by atoms with Crippen molar-refractivity contribution in [3.05, 3.63) is 33.9 Å². The third-order valence-electron chi connectivity index (χ3n) is 3.78. The topological polar surface area (TPSA) is 61.9 Å². The van der Waals surface area contributed by atoms with E-state index in [0.717, 1.165) is 48.2 Å². The number of rotatable bonds is 5. The molecule has 0 saturated carbocycles. The highest BCUT2D eigenvalue weighted by molar-refractivity contribution is 7.15. The normalized spacial score (nSPS) is 18.2. The van der Waals surface area contributed by atoms with Gasteiger partial charge in [-0.3, -0.25) is 0 Å². The molecule has 2 aromatic heterocycles. The number of pyridine rings is 1. The summed E-state index contributed by atoms with van der Waals surface area (Å²) in [7, 11) is 0. The summed E-state index contributed by atoms with van der Waals surface area (Å²) in [6.45, 7) is 2.29. The Morgan fingerprint density at radius 1 is 1.32 bits per heavy atom. The maximum atomic E-state index is 12.9. The predicted molar refractivity (Wildman–Crippen MR) is 93.2 cm³/mol. The minimum atomic E-state index is -4.51. The van der Waals surface area contributed by atoms with Crippen LogP contribution in [0, 0.1) is 0 Å². The van der Waals surface area contributed by atoms with Gasteiger partial charge in [0.2, 0.25) is 0 Å². The van der Waals surface area contributed by atoms with Gasteiger partial charge < -0.3 is 16.0 Å². The lowest BCUT2D eigenvalue weighted by atomic mass is 10.1. The van der Waals surface area contributed by atoms with Crippen LogP contribution in [0.15, 0.2) is 18.5 Å². The Bertz CT molecular complexity index is 715. The van der Waals surface area contributed by atoms with Gasteiger partial charge in [0.05, 0.1) is 17.1 Å². The van der Waals surface area contributed by atoms with Gasteiger partial charge in [0.1, 0.15) is 5.82 Å². The molecular formula is C15H17ClF3N5S. The molecule has 3 N–H and O–H groups in total. The number of hydrogen-bond donors (Lipinski definition) is 3.